The van der Waals surface area contributed by atoms with E-state index in [0.717, 1.165) is 13.0 Å². The molecule has 1 aliphatic carbocycles. The SMILES string of the molecule is N#CC1CCCC1N1CCC(c2ccccc2)C1. The van der Waals surface area contributed by atoms with Crippen molar-refractivity contribution in [2.75, 3.05) is 13.1 Å². The molecular formula is C16H20N2. The van der Waals surface area contributed by atoms with E-state index in [1.54, 1.807) is 0 Å². The lowest BCUT2D eigenvalue weighted by atomic mass is 9.98. The maximum Gasteiger partial charge on any atom is 0.0672 e. The predicted molar refractivity (Wildman–Crippen MR) is 72.1 cm³/mol. The Hall–Kier alpha value is -1.33. The second-order valence-corrected chi connectivity index (χ2v) is 5.63. The molecule has 0 aromatic heterocycles. The Morgan fingerprint density at radius 3 is 2.72 bits per heavy atom. The molecule has 0 amide bonds. The summed E-state index contributed by atoms with van der Waals surface area (Å²) >= 11 is 0. The van der Waals surface area contributed by atoms with Gasteiger partial charge in [-0.15, -0.1) is 0 Å². The van der Waals surface area contributed by atoms with Gasteiger partial charge in [0.15, 0.2) is 0 Å². The molecule has 2 aliphatic rings. The molecule has 0 spiro atoms. The smallest absolute Gasteiger partial charge is 0.0672 e. The number of nitriles is 1. The van der Waals surface area contributed by atoms with Gasteiger partial charge in [-0.3, -0.25) is 4.90 Å². The minimum atomic E-state index is 0.277. The van der Waals surface area contributed by atoms with Crippen LogP contribution in [0.3, 0.4) is 0 Å². The molecule has 3 atom stereocenters. The first-order chi connectivity index (χ1) is 8.88. The highest BCUT2D eigenvalue weighted by Gasteiger charge is 2.36. The third-order valence-electron chi connectivity index (χ3n) is 4.60. The van der Waals surface area contributed by atoms with Crippen molar-refractivity contribution in [3.8, 4) is 6.07 Å². The normalized spacial score (nSPS) is 32.5. The molecule has 1 heterocycles. The Labute approximate surface area is 109 Å². The predicted octanol–water partition coefficient (Wildman–Crippen LogP) is 3.17. The summed E-state index contributed by atoms with van der Waals surface area (Å²) in [6.07, 6.45) is 4.81. The van der Waals surface area contributed by atoms with E-state index in [2.05, 4.69) is 41.3 Å². The molecule has 1 aromatic rings. The Morgan fingerprint density at radius 2 is 1.94 bits per heavy atom. The van der Waals surface area contributed by atoms with Crippen LogP contribution < -0.4 is 0 Å². The largest absolute Gasteiger partial charge is 0.298 e. The highest BCUT2D eigenvalue weighted by atomic mass is 15.2. The van der Waals surface area contributed by atoms with Crippen LogP contribution in [0, 0.1) is 17.2 Å². The molecule has 3 unspecified atom stereocenters. The lowest BCUT2D eigenvalue weighted by Gasteiger charge is -2.26. The van der Waals surface area contributed by atoms with E-state index in [4.69, 9.17) is 0 Å². The van der Waals surface area contributed by atoms with Gasteiger partial charge < -0.3 is 0 Å². The minimum Gasteiger partial charge on any atom is -0.298 e. The fourth-order valence-corrected chi connectivity index (χ4v) is 3.61. The first-order valence-electron chi connectivity index (χ1n) is 7.07. The quantitative estimate of drug-likeness (QED) is 0.794. The fraction of sp³-hybridized carbons (Fsp3) is 0.562. The number of hydrogen-bond donors (Lipinski definition) is 0. The lowest BCUT2D eigenvalue weighted by molar-refractivity contribution is 0.218. The molecule has 1 aromatic carbocycles. The number of hydrogen-bond acceptors (Lipinski definition) is 2. The van der Waals surface area contributed by atoms with Crippen LogP contribution in [-0.4, -0.2) is 24.0 Å². The topological polar surface area (TPSA) is 27.0 Å². The molecule has 94 valence electrons. The van der Waals surface area contributed by atoms with Crippen molar-refractivity contribution in [1.82, 2.24) is 4.90 Å². The first-order valence-corrected chi connectivity index (χ1v) is 7.07. The molecule has 2 heteroatoms. The van der Waals surface area contributed by atoms with Gasteiger partial charge in [0.05, 0.1) is 12.0 Å². The maximum absolute atomic E-state index is 9.20. The molecule has 1 saturated heterocycles. The summed E-state index contributed by atoms with van der Waals surface area (Å²) in [4.78, 5) is 2.57. The molecule has 1 aliphatic heterocycles. The average molecular weight is 240 g/mol. The van der Waals surface area contributed by atoms with Gasteiger partial charge >= 0.3 is 0 Å². The third-order valence-corrected chi connectivity index (χ3v) is 4.60. The summed E-state index contributed by atoms with van der Waals surface area (Å²) in [5.41, 5.74) is 1.46. The molecule has 2 nitrogen and oxygen atoms in total. The third kappa shape index (κ3) is 2.15. The van der Waals surface area contributed by atoms with E-state index in [0.29, 0.717) is 12.0 Å². The summed E-state index contributed by atoms with van der Waals surface area (Å²) in [7, 11) is 0. The molecular weight excluding hydrogens is 220 g/mol. The standard InChI is InChI=1S/C16H20N2/c17-11-14-7-4-8-16(14)18-10-9-15(12-18)13-5-2-1-3-6-13/h1-3,5-6,14-16H,4,7-10,12H2. The summed E-state index contributed by atoms with van der Waals surface area (Å²) < 4.78 is 0. The van der Waals surface area contributed by atoms with E-state index >= 15 is 0 Å². The number of benzene rings is 1. The van der Waals surface area contributed by atoms with Crippen LogP contribution in [-0.2, 0) is 0 Å². The van der Waals surface area contributed by atoms with Crippen LogP contribution in [0.4, 0.5) is 0 Å². The molecule has 0 N–H and O–H groups in total. The fourth-order valence-electron chi connectivity index (χ4n) is 3.61. The average Bonchev–Trinajstić information content (AvgIpc) is 3.08. The van der Waals surface area contributed by atoms with Crippen LogP contribution in [0.5, 0.6) is 0 Å². The van der Waals surface area contributed by atoms with E-state index < -0.39 is 0 Å². The summed E-state index contributed by atoms with van der Waals surface area (Å²) in [6, 6.07) is 13.9. The summed E-state index contributed by atoms with van der Waals surface area (Å²) in [5, 5.41) is 9.20. The highest BCUT2D eigenvalue weighted by molar-refractivity contribution is 5.21. The van der Waals surface area contributed by atoms with Crippen molar-refractivity contribution in [1.29, 1.82) is 5.26 Å². The minimum absolute atomic E-state index is 0.277. The van der Waals surface area contributed by atoms with Gasteiger partial charge in [0, 0.05) is 12.6 Å². The van der Waals surface area contributed by atoms with Gasteiger partial charge in [0.1, 0.15) is 0 Å². The molecule has 0 bridgehead atoms. The van der Waals surface area contributed by atoms with Crippen molar-refractivity contribution in [3.05, 3.63) is 35.9 Å². The second-order valence-electron chi connectivity index (χ2n) is 5.63. The van der Waals surface area contributed by atoms with Crippen molar-refractivity contribution in [3.63, 3.8) is 0 Å². The number of likely N-dealkylation sites (tertiary alicyclic amines) is 1. The Kier molecular flexibility index (Phi) is 3.34. The van der Waals surface area contributed by atoms with Gasteiger partial charge in [-0.1, -0.05) is 36.8 Å². The highest BCUT2D eigenvalue weighted by Crippen LogP contribution is 2.35. The molecule has 0 radical (unpaired) electrons. The van der Waals surface area contributed by atoms with Crippen LogP contribution in [0.1, 0.15) is 37.2 Å². The van der Waals surface area contributed by atoms with Crippen molar-refractivity contribution >= 4 is 0 Å². The van der Waals surface area contributed by atoms with Gasteiger partial charge in [0.25, 0.3) is 0 Å². The Morgan fingerprint density at radius 1 is 1.11 bits per heavy atom. The molecule has 3 rings (SSSR count). The zero-order valence-corrected chi connectivity index (χ0v) is 10.8. The van der Waals surface area contributed by atoms with Crippen molar-refractivity contribution < 1.29 is 0 Å². The van der Waals surface area contributed by atoms with E-state index in [1.807, 2.05) is 0 Å². The van der Waals surface area contributed by atoms with Gasteiger partial charge in [-0.05, 0) is 37.3 Å². The summed E-state index contributed by atoms with van der Waals surface area (Å²) in [6.45, 7) is 2.31. The number of rotatable bonds is 2. The molecule has 2 fully saturated rings. The van der Waals surface area contributed by atoms with Crippen LogP contribution in [0.25, 0.3) is 0 Å². The Bertz CT molecular complexity index is 434. The molecule has 18 heavy (non-hydrogen) atoms. The lowest BCUT2D eigenvalue weighted by Crippen LogP contribution is -2.35. The zero-order chi connectivity index (χ0) is 12.4. The van der Waals surface area contributed by atoms with E-state index in [-0.39, 0.29) is 5.92 Å². The second kappa shape index (κ2) is 5.12. The maximum atomic E-state index is 9.20. The van der Waals surface area contributed by atoms with Gasteiger partial charge in [0.2, 0.25) is 0 Å². The van der Waals surface area contributed by atoms with Gasteiger partial charge in [-0.25, -0.2) is 0 Å². The summed E-state index contributed by atoms with van der Waals surface area (Å²) in [5.74, 6) is 0.950. The monoisotopic (exact) mass is 240 g/mol. The van der Waals surface area contributed by atoms with Gasteiger partial charge in [-0.2, -0.15) is 5.26 Å². The zero-order valence-electron chi connectivity index (χ0n) is 10.8. The molecule has 1 saturated carbocycles. The van der Waals surface area contributed by atoms with Crippen molar-refractivity contribution in [2.24, 2.45) is 5.92 Å². The Balaban J connectivity index is 1.67. The van der Waals surface area contributed by atoms with Crippen LogP contribution in [0.15, 0.2) is 30.3 Å². The van der Waals surface area contributed by atoms with Crippen LogP contribution in [0.2, 0.25) is 0 Å². The van der Waals surface area contributed by atoms with E-state index in [1.165, 1.54) is 31.4 Å². The number of nitrogens with zero attached hydrogens (tertiary/aromatic N) is 2. The van der Waals surface area contributed by atoms with E-state index in [9.17, 15) is 5.26 Å². The van der Waals surface area contributed by atoms with Crippen molar-refractivity contribution in [2.45, 2.75) is 37.6 Å². The van der Waals surface area contributed by atoms with Crippen LogP contribution >= 0.6 is 0 Å². The first kappa shape index (κ1) is 11.7.